The molecule has 1 aromatic heterocycles. The number of anilines is 1. The quantitative estimate of drug-likeness (QED) is 0.826. The molecule has 144 valence electrons. The summed E-state index contributed by atoms with van der Waals surface area (Å²) >= 11 is 0. The van der Waals surface area contributed by atoms with Gasteiger partial charge in [-0.25, -0.2) is 4.68 Å². The van der Waals surface area contributed by atoms with Crippen LogP contribution < -0.4 is 11.1 Å². The van der Waals surface area contributed by atoms with Crippen LogP contribution in [0.5, 0.6) is 0 Å². The second-order valence-electron chi connectivity index (χ2n) is 7.74. The Bertz CT molecular complexity index is 557. The molecule has 0 bridgehead atoms. The number of carbonyl (C=O) groups is 1. The van der Waals surface area contributed by atoms with E-state index in [9.17, 15) is 4.79 Å². The van der Waals surface area contributed by atoms with Crippen LogP contribution in [0.1, 0.15) is 52.0 Å². The fraction of sp³-hybridized carbons (Fsp3) is 0.765. The van der Waals surface area contributed by atoms with E-state index in [-0.39, 0.29) is 42.2 Å². The van der Waals surface area contributed by atoms with Crippen LogP contribution in [-0.2, 0) is 4.79 Å². The molecule has 3 N–H and O–H groups in total. The first-order valence-electron chi connectivity index (χ1n) is 8.77. The molecule has 1 amide bonds. The van der Waals surface area contributed by atoms with Crippen molar-refractivity contribution >= 4 is 36.5 Å². The van der Waals surface area contributed by atoms with Crippen molar-refractivity contribution in [3.05, 3.63) is 12.3 Å². The number of amides is 1. The molecule has 1 aliphatic carbocycles. The van der Waals surface area contributed by atoms with Crippen LogP contribution >= 0.6 is 24.8 Å². The fourth-order valence-corrected chi connectivity index (χ4v) is 3.86. The first-order chi connectivity index (χ1) is 11.0. The number of hydrogen-bond acceptors (Lipinski definition) is 4. The van der Waals surface area contributed by atoms with E-state index in [2.05, 4.69) is 29.2 Å². The molecule has 1 aromatic rings. The Morgan fingerprint density at radius 3 is 2.64 bits per heavy atom. The van der Waals surface area contributed by atoms with Crippen molar-refractivity contribution < 1.29 is 4.79 Å². The number of halogens is 2. The number of aromatic nitrogens is 2. The summed E-state index contributed by atoms with van der Waals surface area (Å²) < 4.78 is 1.99. The largest absolute Gasteiger partial charge is 0.327 e. The molecule has 25 heavy (non-hydrogen) atoms. The standard InChI is InChI=1S/C17H29N5O.2ClH/c1-17(2)12-21(10-8-14(17)18)11-16(23)20-15-7-9-19-22(15)13-5-3-4-6-13;;/h7,9,13-14H,3-6,8,10-12,18H2,1-2H3,(H,20,23);2*1H. The van der Waals surface area contributed by atoms with Gasteiger partial charge in [0.15, 0.2) is 0 Å². The van der Waals surface area contributed by atoms with Crippen molar-refractivity contribution in [1.82, 2.24) is 14.7 Å². The van der Waals surface area contributed by atoms with Gasteiger partial charge in [0.05, 0.1) is 18.8 Å². The molecule has 1 saturated heterocycles. The van der Waals surface area contributed by atoms with Crippen molar-refractivity contribution in [3.63, 3.8) is 0 Å². The first kappa shape index (κ1) is 22.2. The zero-order chi connectivity index (χ0) is 16.4. The molecule has 2 fully saturated rings. The van der Waals surface area contributed by atoms with Gasteiger partial charge >= 0.3 is 0 Å². The molecule has 0 spiro atoms. The van der Waals surface area contributed by atoms with E-state index in [1.807, 2.05) is 10.7 Å². The Hall–Kier alpha value is -0.820. The minimum absolute atomic E-state index is 0. The van der Waals surface area contributed by atoms with E-state index in [1.165, 1.54) is 12.8 Å². The molecular formula is C17H31Cl2N5O. The van der Waals surface area contributed by atoms with E-state index < -0.39 is 0 Å². The Kier molecular flexibility index (Phi) is 8.19. The van der Waals surface area contributed by atoms with Gasteiger partial charge in [0.2, 0.25) is 5.91 Å². The summed E-state index contributed by atoms with van der Waals surface area (Å²) in [6, 6.07) is 2.55. The predicted octanol–water partition coefficient (Wildman–Crippen LogP) is 2.84. The van der Waals surface area contributed by atoms with Gasteiger partial charge in [-0.2, -0.15) is 5.10 Å². The van der Waals surface area contributed by atoms with Gasteiger partial charge in [0.25, 0.3) is 0 Å². The summed E-state index contributed by atoms with van der Waals surface area (Å²) in [6.45, 7) is 6.53. The molecule has 1 atom stereocenters. The van der Waals surface area contributed by atoms with Crippen LogP contribution in [0.2, 0.25) is 0 Å². The molecule has 6 nitrogen and oxygen atoms in total. The third-order valence-corrected chi connectivity index (χ3v) is 5.37. The lowest BCUT2D eigenvalue weighted by atomic mass is 9.80. The van der Waals surface area contributed by atoms with E-state index in [0.717, 1.165) is 38.2 Å². The minimum Gasteiger partial charge on any atom is -0.327 e. The number of nitrogens with zero attached hydrogens (tertiary/aromatic N) is 3. The van der Waals surface area contributed by atoms with Crippen molar-refractivity contribution in [2.75, 3.05) is 25.0 Å². The summed E-state index contributed by atoms with van der Waals surface area (Å²) in [5, 5.41) is 7.44. The summed E-state index contributed by atoms with van der Waals surface area (Å²) in [4.78, 5) is 14.6. The number of rotatable bonds is 4. The smallest absolute Gasteiger partial charge is 0.239 e. The van der Waals surface area contributed by atoms with Crippen LogP contribution in [0.3, 0.4) is 0 Å². The van der Waals surface area contributed by atoms with Gasteiger partial charge < -0.3 is 11.1 Å². The van der Waals surface area contributed by atoms with Crippen molar-refractivity contribution in [2.24, 2.45) is 11.1 Å². The summed E-state index contributed by atoms with van der Waals surface area (Å²) in [6.07, 6.45) is 7.53. The van der Waals surface area contributed by atoms with Crippen LogP contribution in [0.25, 0.3) is 0 Å². The molecule has 2 heterocycles. The number of nitrogens with one attached hydrogen (secondary N) is 1. The number of likely N-dealkylation sites (tertiary alicyclic amines) is 1. The lowest BCUT2D eigenvalue weighted by Crippen LogP contribution is -2.53. The number of nitrogens with two attached hydrogens (primary N) is 1. The summed E-state index contributed by atoms with van der Waals surface area (Å²) in [5.41, 5.74) is 6.23. The second-order valence-corrected chi connectivity index (χ2v) is 7.74. The maximum absolute atomic E-state index is 12.4. The third-order valence-electron chi connectivity index (χ3n) is 5.37. The molecule has 3 rings (SSSR count). The molecular weight excluding hydrogens is 361 g/mol. The Balaban J connectivity index is 0.00000156. The summed E-state index contributed by atoms with van der Waals surface area (Å²) in [7, 11) is 0. The highest BCUT2D eigenvalue weighted by atomic mass is 35.5. The van der Waals surface area contributed by atoms with E-state index in [0.29, 0.717) is 12.6 Å². The average molecular weight is 392 g/mol. The maximum Gasteiger partial charge on any atom is 0.239 e. The SMILES string of the molecule is CC1(C)CN(CC(=O)Nc2ccnn2C2CCCC2)CCC1N.Cl.Cl. The lowest BCUT2D eigenvalue weighted by Gasteiger charge is -2.42. The Labute approximate surface area is 162 Å². The predicted molar refractivity (Wildman–Crippen MR) is 106 cm³/mol. The topological polar surface area (TPSA) is 76.2 Å². The zero-order valence-corrected chi connectivity index (χ0v) is 16.7. The van der Waals surface area contributed by atoms with E-state index >= 15 is 0 Å². The van der Waals surface area contributed by atoms with Crippen molar-refractivity contribution in [3.8, 4) is 0 Å². The van der Waals surface area contributed by atoms with Crippen molar-refractivity contribution in [1.29, 1.82) is 0 Å². The minimum atomic E-state index is 0. The number of piperidine rings is 1. The molecule has 1 saturated carbocycles. The van der Waals surface area contributed by atoms with Crippen LogP contribution in [0.4, 0.5) is 5.82 Å². The molecule has 0 aromatic carbocycles. The third kappa shape index (κ3) is 5.33. The first-order valence-corrected chi connectivity index (χ1v) is 8.77. The average Bonchev–Trinajstić information content (AvgIpc) is 3.13. The number of hydrogen-bond donors (Lipinski definition) is 2. The molecule has 1 aliphatic heterocycles. The Morgan fingerprint density at radius 1 is 1.32 bits per heavy atom. The van der Waals surface area contributed by atoms with Gasteiger partial charge in [-0.3, -0.25) is 9.69 Å². The normalized spacial score (nSPS) is 23.6. The summed E-state index contributed by atoms with van der Waals surface area (Å²) in [5.74, 6) is 0.867. The lowest BCUT2D eigenvalue weighted by molar-refractivity contribution is -0.118. The Morgan fingerprint density at radius 2 is 2.00 bits per heavy atom. The van der Waals surface area contributed by atoms with Gasteiger partial charge in [-0.15, -0.1) is 24.8 Å². The molecule has 0 radical (unpaired) electrons. The highest BCUT2D eigenvalue weighted by molar-refractivity contribution is 5.91. The van der Waals surface area contributed by atoms with Crippen molar-refractivity contribution in [2.45, 2.75) is 58.0 Å². The van der Waals surface area contributed by atoms with Crippen LogP contribution in [-0.4, -0.2) is 46.3 Å². The van der Waals surface area contributed by atoms with Gasteiger partial charge in [-0.1, -0.05) is 26.7 Å². The zero-order valence-electron chi connectivity index (χ0n) is 15.1. The highest BCUT2D eigenvalue weighted by Crippen LogP contribution is 2.31. The highest BCUT2D eigenvalue weighted by Gasteiger charge is 2.34. The molecule has 1 unspecified atom stereocenters. The maximum atomic E-state index is 12.4. The molecule has 2 aliphatic rings. The fourth-order valence-electron chi connectivity index (χ4n) is 3.86. The van der Waals surface area contributed by atoms with E-state index in [4.69, 9.17) is 5.73 Å². The molecule has 8 heteroatoms. The van der Waals surface area contributed by atoms with Gasteiger partial charge in [0, 0.05) is 25.2 Å². The monoisotopic (exact) mass is 391 g/mol. The van der Waals surface area contributed by atoms with Gasteiger partial charge in [-0.05, 0) is 24.7 Å². The van der Waals surface area contributed by atoms with Gasteiger partial charge in [0.1, 0.15) is 5.82 Å². The second kappa shape index (κ2) is 9.21. The van der Waals surface area contributed by atoms with Crippen LogP contribution in [0.15, 0.2) is 12.3 Å². The number of carbonyl (C=O) groups excluding carboxylic acids is 1. The van der Waals surface area contributed by atoms with Crippen LogP contribution in [0, 0.1) is 5.41 Å². The van der Waals surface area contributed by atoms with E-state index in [1.54, 1.807) is 6.20 Å².